The van der Waals surface area contributed by atoms with Crippen LogP contribution in [0.1, 0.15) is 11.4 Å². The van der Waals surface area contributed by atoms with Crippen LogP contribution in [-0.2, 0) is 0 Å². The lowest BCUT2D eigenvalue weighted by Crippen LogP contribution is -2.10. The standard InChI is InChI=1S/C19H13N3O/c23-19-18-14-7-4-12-20-15(14)9-10-16(18)21-17(22-19)11-8-13-5-2-1-3-6-13/h1-12H,(H,21,22,23)/b11-8+. The molecule has 0 saturated heterocycles. The molecular formula is C19H13N3O. The second-order valence-corrected chi connectivity index (χ2v) is 5.22. The molecular weight excluding hydrogens is 286 g/mol. The predicted octanol–water partition coefficient (Wildman–Crippen LogP) is 3.64. The number of benzene rings is 2. The van der Waals surface area contributed by atoms with Crippen molar-refractivity contribution < 1.29 is 0 Å². The fourth-order valence-electron chi connectivity index (χ4n) is 2.63. The van der Waals surface area contributed by atoms with Crippen LogP contribution in [0.2, 0.25) is 0 Å². The first-order chi connectivity index (χ1) is 11.3. The summed E-state index contributed by atoms with van der Waals surface area (Å²) in [6, 6.07) is 17.3. The van der Waals surface area contributed by atoms with Gasteiger partial charge in [-0.25, -0.2) is 4.98 Å². The van der Waals surface area contributed by atoms with Gasteiger partial charge in [0.05, 0.1) is 16.4 Å². The summed E-state index contributed by atoms with van der Waals surface area (Å²) >= 11 is 0. The Labute approximate surface area is 132 Å². The molecule has 0 aliphatic heterocycles. The molecule has 110 valence electrons. The molecule has 0 fully saturated rings. The number of aromatic amines is 1. The molecule has 0 aliphatic carbocycles. The van der Waals surface area contributed by atoms with Gasteiger partial charge in [-0.2, -0.15) is 0 Å². The van der Waals surface area contributed by atoms with E-state index in [0.717, 1.165) is 16.5 Å². The molecule has 1 N–H and O–H groups in total. The van der Waals surface area contributed by atoms with E-state index >= 15 is 0 Å². The number of hydrogen-bond donors (Lipinski definition) is 1. The average molecular weight is 299 g/mol. The number of nitrogens with zero attached hydrogens (tertiary/aromatic N) is 2. The van der Waals surface area contributed by atoms with Gasteiger partial charge in [-0.3, -0.25) is 9.78 Å². The second-order valence-electron chi connectivity index (χ2n) is 5.22. The maximum Gasteiger partial charge on any atom is 0.259 e. The second kappa shape index (κ2) is 5.50. The van der Waals surface area contributed by atoms with E-state index in [9.17, 15) is 4.79 Å². The van der Waals surface area contributed by atoms with Crippen molar-refractivity contribution in [1.29, 1.82) is 0 Å². The van der Waals surface area contributed by atoms with E-state index in [1.165, 1.54) is 0 Å². The highest BCUT2D eigenvalue weighted by atomic mass is 16.1. The first-order valence-corrected chi connectivity index (χ1v) is 7.32. The summed E-state index contributed by atoms with van der Waals surface area (Å²) in [5.74, 6) is 0.537. The fraction of sp³-hybridized carbons (Fsp3) is 0. The van der Waals surface area contributed by atoms with Crippen LogP contribution in [0.4, 0.5) is 0 Å². The minimum Gasteiger partial charge on any atom is -0.306 e. The van der Waals surface area contributed by atoms with Crippen LogP contribution in [0.3, 0.4) is 0 Å². The molecule has 0 radical (unpaired) electrons. The molecule has 0 amide bonds. The largest absolute Gasteiger partial charge is 0.306 e. The quantitative estimate of drug-likeness (QED) is 0.575. The molecule has 0 saturated carbocycles. The zero-order valence-electron chi connectivity index (χ0n) is 12.2. The Morgan fingerprint density at radius 3 is 2.57 bits per heavy atom. The Morgan fingerprint density at radius 1 is 0.870 bits per heavy atom. The highest BCUT2D eigenvalue weighted by molar-refractivity contribution is 6.04. The summed E-state index contributed by atoms with van der Waals surface area (Å²) in [5, 5.41) is 1.39. The molecule has 4 nitrogen and oxygen atoms in total. The number of fused-ring (bicyclic) bond motifs is 3. The third-order valence-electron chi connectivity index (χ3n) is 3.71. The highest BCUT2D eigenvalue weighted by Crippen LogP contribution is 2.19. The monoisotopic (exact) mass is 299 g/mol. The van der Waals surface area contributed by atoms with Gasteiger partial charge in [-0.05, 0) is 29.8 Å². The molecule has 0 aliphatic rings. The van der Waals surface area contributed by atoms with Crippen LogP contribution < -0.4 is 5.56 Å². The van der Waals surface area contributed by atoms with Gasteiger partial charge in [0.25, 0.3) is 5.56 Å². The van der Waals surface area contributed by atoms with Crippen molar-refractivity contribution in [2.75, 3.05) is 0 Å². The summed E-state index contributed by atoms with van der Waals surface area (Å²) in [6.07, 6.45) is 5.45. The Morgan fingerprint density at radius 2 is 1.70 bits per heavy atom. The molecule has 4 heteroatoms. The Hall–Kier alpha value is -3.27. The molecule has 4 aromatic rings. The van der Waals surface area contributed by atoms with Gasteiger partial charge in [0.2, 0.25) is 0 Å². The smallest absolute Gasteiger partial charge is 0.259 e. The number of hydrogen-bond acceptors (Lipinski definition) is 3. The highest BCUT2D eigenvalue weighted by Gasteiger charge is 2.07. The summed E-state index contributed by atoms with van der Waals surface area (Å²) in [7, 11) is 0. The zero-order valence-corrected chi connectivity index (χ0v) is 12.2. The van der Waals surface area contributed by atoms with E-state index in [4.69, 9.17) is 0 Å². The van der Waals surface area contributed by atoms with Gasteiger partial charge >= 0.3 is 0 Å². The van der Waals surface area contributed by atoms with Crippen molar-refractivity contribution in [3.63, 3.8) is 0 Å². The summed E-state index contributed by atoms with van der Waals surface area (Å²) in [4.78, 5) is 24.1. The van der Waals surface area contributed by atoms with Crippen LogP contribution in [0, 0.1) is 0 Å². The lowest BCUT2D eigenvalue weighted by Gasteiger charge is -2.03. The Balaban J connectivity index is 1.86. The van der Waals surface area contributed by atoms with Crippen LogP contribution in [0.25, 0.3) is 34.0 Å². The summed E-state index contributed by atoms with van der Waals surface area (Å²) in [5.41, 5.74) is 2.36. The SMILES string of the molecule is O=c1[nH]c(/C=C/c2ccccc2)nc2ccc3ncccc3c12. The lowest BCUT2D eigenvalue weighted by atomic mass is 10.1. The van der Waals surface area contributed by atoms with Crippen LogP contribution in [0.15, 0.2) is 65.6 Å². The number of H-pyrrole nitrogens is 1. The van der Waals surface area contributed by atoms with E-state index in [1.54, 1.807) is 6.20 Å². The van der Waals surface area contributed by atoms with Crippen molar-refractivity contribution in [2.24, 2.45) is 0 Å². The van der Waals surface area contributed by atoms with Gasteiger partial charge in [0.1, 0.15) is 5.82 Å². The van der Waals surface area contributed by atoms with Crippen LogP contribution in [-0.4, -0.2) is 15.0 Å². The normalized spacial score (nSPS) is 11.5. The number of aromatic nitrogens is 3. The Kier molecular flexibility index (Phi) is 3.20. The number of rotatable bonds is 2. The molecule has 2 aromatic carbocycles. The minimum absolute atomic E-state index is 0.152. The molecule has 0 unspecified atom stereocenters. The molecule has 0 atom stereocenters. The number of nitrogens with one attached hydrogen (secondary N) is 1. The topological polar surface area (TPSA) is 58.6 Å². The average Bonchev–Trinajstić information content (AvgIpc) is 2.60. The van der Waals surface area contributed by atoms with Gasteiger partial charge < -0.3 is 4.98 Å². The van der Waals surface area contributed by atoms with Crippen LogP contribution in [0.5, 0.6) is 0 Å². The fourth-order valence-corrected chi connectivity index (χ4v) is 2.63. The number of pyridine rings is 1. The first-order valence-electron chi connectivity index (χ1n) is 7.32. The predicted molar refractivity (Wildman–Crippen MR) is 93.0 cm³/mol. The maximum atomic E-state index is 12.5. The van der Waals surface area contributed by atoms with E-state index in [-0.39, 0.29) is 5.56 Å². The Bertz CT molecular complexity index is 1080. The molecule has 0 bridgehead atoms. The minimum atomic E-state index is -0.152. The molecule has 23 heavy (non-hydrogen) atoms. The first kappa shape index (κ1) is 13.4. The zero-order chi connectivity index (χ0) is 15.6. The van der Waals surface area contributed by atoms with Gasteiger partial charge in [0, 0.05) is 11.6 Å². The third-order valence-corrected chi connectivity index (χ3v) is 3.71. The molecule has 4 rings (SSSR count). The van der Waals surface area contributed by atoms with Gasteiger partial charge in [-0.15, -0.1) is 0 Å². The lowest BCUT2D eigenvalue weighted by molar-refractivity contribution is 1.14. The summed E-state index contributed by atoms with van der Waals surface area (Å²) in [6.45, 7) is 0. The van der Waals surface area contributed by atoms with Crippen molar-refractivity contribution >= 4 is 34.0 Å². The van der Waals surface area contributed by atoms with E-state index < -0.39 is 0 Å². The van der Waals surface area contributed by atoms with E-state index in [2.05, 4.69) is 15.0 Å². The van der Waals surface area contributed by atoms with Gasteiger partial charge in [-0.1, -0.05) is 42.5 Å². The maximum absolute atomic E-state index is 12.5. The van der Waals surface area contributed by atoms with Crippen LogP contribution >= 0.6 is 0 Å². The van der Waals surface area contributed by atoms with E-state index in [0.29, 0.717) is 16.7 Å². The van der Waals surface area contributed by atoms with Crippen molar-refractivity contribution in [3.05, 3.63) is 82.5 Å². The van der Waals surface area contributed by atoms with E-state index in [1.807, 2.05) is 66.7 Å². The molecule has 2 heterocycles. The van der Waals surface area contributed by atoms with Crippen molar-refractivity contribution in [1.82, 2.24) is 15.0 Å². The van der Waals surface area contributed by atoms with Crippen molar-refractivity contribution in [2.45, 2.75) is 0 Å². The third kappa shape index (κ3) is 2.51. The van der Waals surface area contributed by atoms with Crippen molar-refractivity contribution in [3.8, 4) is 0 Å². The molecule has 0 spiro atoms. The summed E-state index contributed by atoms with van der Waals surface area (Å²) < 4.78 is 0. The molecule has 2 aromatic heterocycles. The van der Waals surface area contributed by atoms with Gasteiger partial charge in [0.15, 0.2) is 0 Å².